The van der Waals surface area contributed by atoms with Crippen molar-refractivity contribution in [2.45, 2.75) is 70.3 Å². The van der Waals surface area contributed by atoms with Gasteiger partial charge >= 0.3 is 6.09 Å². The summed E-state index contributed by atoms with van der Waals surface area (Å²) in [5.41, 5.74) is 1.87. The number of amides is 2. The Labute approximate surface area is 157 Å². The molecule has 0 saturated carbocycles. The third-order valence-corrected chi connectivity index (χ3v) is 11.6. The van der Waals surface area contributed by atoms with Crippen LogP contribution in [-0.4, -0.2) is 43.4 Å². The molecule has 2 amide bonds. The highest BCUT2D eigenvalue weighted by molar-refractivity contribution is 6.77. The average Bonchev–Trinajstić information content (AvgIpc) is 2.59. The van der Waals surface area contributed by atoms with Gasteiger partial charge in [0.05, 0.1) is 7.11 Å². The molecule has 6 nitrogen and oxygen atoms in total. The van der Waals surface area contributed by atoms with Crippen LogP contribution < -0.4 is 0 Å². The van der Waals surface area contributed by atoms with Gasteiger partial charge in [-0.1, -0.05) is 41.5 Å². The van der Waals surface area contributed by atoms with Gasteiger partial charge in [-0.25, -0.2) is 9.69 Å². The normalized spacial score (nSPS) is 20.7. The van der Waals surface area contributed by atoms with Crippen LogP contribution in [0.25, 0.3) is 0 Å². The van der Waals surface area contributed by atoms with Crippen LogP contribution in [0.15, 0.2) is 24.5 Å². The highest BCUT2D eigenvalue weighted by Gasteiger charge is 2.58. The molecule has 2 heterocycles. The standard InChI is InChI=1S/C19H30N2O4Si/c1-12(2)26(13(3)4,14(5)6)25-17-16(15-8-10-20-11-9-15)21(18(17)22)19(23)24-7/h8-14,16-17H,1-7H3/t16-,17+/m0/s1. The lowest BCUT2D eigenvalue weighted by atomic mass is 9.92. The first-order chi connectivity index (χ1) is 12.2. The van der Waals surface area contributed by atoms with E-state index in [-0.39, 0.29) is 5.91 Å². The third kappa shape index (κ3) is 3.30. The summed E-state index contributed by atoms with van der Waals surface area (Å²) in [6.45, 7) is 13.1. The van der Waals surface area contributed by atoms with Gasteiger partial charge < -0.3 is 9.16 Å². The molecule has 0 N–H and O–H groups in total. The molecule has 0 aliphatic carbocycles. The molecule has 2 atom stereocenters. The lowest BCUT2D eigenvalue weighted by Crippen LogP contribution is -2.66. The molecule has 26 heavy (non-hydrogen) atoms. The van der Waals surface area contributed by atoms with Gasteiger partial charge in [0.2, 0.25) is 8.32 Å². The minimum Gasteiger partial charge on any atom is -0.452 e. The number of likely N-dealkylation sites (tertiary alicyclic amines) is 1. The fraction of sp³-hybridized carbons (Fsp3) is 0.632. The minimum absolute atomic E-state index is 0.322. The van der Waals surface area contributed by atoms with Gasteiger partial charge in [0.15, 0.2) is 6.10 Å². The van der Waals surface area contributed by atoms with E-state index >= 15 is 0 Å². The van der Waals surface area contributed by atoms with Crippen LogP contribution in [0, 0.1) is 0 Å². The number of aromatic nitrogens is 1. The Morgan fingerprint density at radius 2 is 1.58 bits per heavy atom. The van der Waals surface area contributed by atoms with Crippen LogP contribution in [0.1, 0.15) is 53.1 Å². The molecule has 144 valence electrons. The van der Waals surface area contributed by atoms with Gasteiger partial charge in [0.1, 0.15) is 6.04 Å². The van der Waals surface area contributed by atoms with Gasteiger partial charge in [-0.05, 0) is 34.3 Å². The zero-order valence-corrected chi connectivity index (χ0v) is 17.7. The number of hydrogen-bond acceptors (Lipinski definition) is 5. The summed E-state index contributed by atoms with van der Waals surface area (Å²) in [5.74, 6) is -0.322. The molecule has 2 rings (SSSR count). The molecule has 0 bridgehead atoms. The number of carbonyl (C=O) groups excluding carboxylic acids is 2. The summed E-state index contributed by atoms with van der Waals surface area (Å²) in [7, 11) is -0.986. The topological polar surface area (TPSA) is 68.7 Å². The zero-order valence-electron chi connectivity index (χ0n) is 16.7. The molecule has 0 aromatic carbocycles. The fourth-order valence-electron chi connectivity index (χ4n) is 4.39. The van der Waals surface area contributed by atoms with E-state index in [4.69, 9.17) is 9.16 Å². The van der Waals surface area contributed by atoms with E-state index in [0.717, 1.165) is 10.5 Å². The molecule has 0 radical (unpaired) electrons. The highest BCUT2D eigenvalue weighted by atomic mass is 28.4. The van der Waals surface area contributed by atoms with Crippen molar-refractivity contribution in [3.63, 3.8) is 0 Å². The van der Waals surface area contributed by atoms with Crippen molar-refractivity contribution in [2.24, 2.45) is 0 Å². The number of β-lactam (4-membered cyclic amide) rings is 1. The lowest BCUT2D eigenvalue weighted by Gasteiger charge is -2.51. The van der Waals surface area contributed by atoms with E-state index in [0.29, 0.717) is 16.6 Å². The van der Waals surface area contributed by atoms with Crippen LogP contribution in [-0.2, 0) is 14.0 Å². The molecule has 1 aromatic heterocycles. The summed E-state index contributed by atoms with van der Waals surface area (Å²) >= 11 is 0. The number of carbonyl (C=O) groups is 2. The maximum Gasteiger partial charge on any atom is 0.417 e. The molecule has 1 aromatic rings. The number of imide groups is 1. The zero-order chi connectivity index (χ0) is 19.6. The first kappa shape index (κ1) is 20.6. The molecule has 0 spiro atoms. The van der Waals surface area contributed by atoms with Crippen LogP contribution in [0.4, 0.5) is 4.79 Å². The predicted octanol–water partition coefficient (Wildman–Crippen LogP) is 4.29. The van der Waals surface area contributed by atoms with E-state index in [2.05, 4.69) is 46.5 Å². The molecular weight excluding hydrogens is 348 g/mol. The number of hydrogen-bond donors (Lipinski definition) is 0. The molecule has 7 heteroatoms. The lowest BCUT2D eigenvalue weighted by molar-refractivity contribution is -0.160. The van der Waals surface area contributed by atoms with Crippen molar-refractivity contribution >= 4 is 20.3 Å². The summed E-state index contributed by atoms with van der Waals surface area (Å²) < 4.78 is 11.5. The van der Waals surface area contributed by atoms with E-state index in [1.165, 1.54) is 7.11 Å². The van der Waals surface area contributed by atoms with Crippen molar-refractivity contribution in [3.8, 4) is 0 Å². The number of nitrogens with zero attached hydrogens (tertiary/aromatic N) is 2. The van der Waals surface area contributed by atoms with Crippen molar-refractivity contribution in [2.75, 3.05) is 7.11 Å². The Bertz CT molecular complexity index is 626. The van der Waals surface area contributed by atoms with Gasteiger partial charge in [-0.3, -0.25) is 9.78 Å². The van der Waals surface area contributed by atoms with E-state index in [1.54, 1.807) is 12.4 Å². The second-order valence-corrected chi connectivity index (χ2v) is 13.2. The quantitative estimate of drug-likeness (QED) is 0.545. The third-order valence-electron chi connectivity index (χ3n) is 5.50. The van der Waals surface area contributed by atoms with Gasteiger partial charge in [0, 0.05) is 12.4 Å². The van der Waals surface area contributed by atoms with E-state index in [9.17, 15) is 9.59 Å². The molecule has 1 aliphatic rings. The molecule has 1 aliphatic heterocycles. The minimum atomic E-state index is -2.27. The summed E-state index contributed by atoms with van der Waals surface area (Å²) in [6.07, 6.45) is 2.00. The number of methoxy groups -OCH3 is 1. The van der Waals surface area contributed by atoms with E-state index < -0.39 is 26.6 Å². The van der Waals surface area contributed by atoms with Crippen LogP contribution in [0.5, 0.6) is 0 Å². The van der Waals surface area contributed by atoms with Gasteiger partial charge in [-0.15, -0.1) is 0 Å². The first-order valence-electron chi connectivity index (χ1n) is 9.17. The van der Waals surface area contributed by atoms with Crippen LogP contribution >= 0.6 is 0 Å². The smallest absolute Gasteiger partial charge is 0.417 e. The van der Waals surface area contributed by atoms with Crippen molar-refractivity contribution < 1.29 is 18.8 Å². The first-order valence-corrected chi connectivity index (χ1v) is 11.3. The monoisotopic (exact) mass is 378 g/mol. The van der Waals surface area contributed by atoms with Gasteiger partial charge in [-0.2, -0.15) is 0 Å². The van der Waals surface area contributed by atoms with Crippen molar-refractivity contribution in [3.05, 3.63) is 30.1 Å². The highest BCUT2D eigenvalue weighted by Crippen LogP contribution is 2.47. The molecule has 1 fully saturated rings. The Balaban J connectivity index is 2.43. The Kier molecular flexibility index (Phi) is 6.23. The summed E-state index contributed by atoms with van der Waals surface area (Å²) in [6, 6.07) is 3.15. The Morgan fingerprint density at radius 1 is 1.08 bits per heavy atom. The summed E-state index contributed by atoms with van der Waals surface area (Å²) in [4.78, 5) is 30.1. The Hall–Kier alpha value is -1.73. The molecular formula is C19H30N2O4Si. The summed E-state index contributed by atoms with van der Waals surface area (Å²) in [5, 5.41) is 0. The van der Waals surface area contributed by atoms with Crippen molar-refractivity contribution in [1.29, 1.82) is 0 Å². The predicted molar refractivity (Wildman–Crippen MR) is 102 cm³/mol. The molecule has 0 unspecified atom stereocenters. The van der Waals surface area contributed by atoms with Crippen LogP contribution in [0.3, 0.4) is 0 Å². The van der Waals surface area contributed by atoms with Crippen LogP contribution in [0.2, 0.25) is 16.6 Å². The maximum absolute atomic E-state index is 12.8. The average molecular weight is 379 g/mol. The van der Waals surface area contributed by atoms with Gasteiger partial charge in [0.25, 0.3) is 5.91 Å². The fourth-order valence-corrected chi connectivity index (χ4v) is 9.88. The number of pyridine rings is 1. The second kappa shape index (κ2) is 7.88. The second-order valence-electron chi connectivity index (χ2n) is 7.76. The maximum atomic E-state index is 12.8. The van der Waals surface area contributed by atoms with Crippen molar-refractivity contribution in [1.82, 2.24) is 9.88 Å². The SMILES string of the molecule is COC(=O)N1C(=O)[C@H](O[Si](C(C)C)(C(C)C)C(C)C)[C@@H]1c1ccncc1. The largest absolute Gasteiger partial charge is 0.452 e. The molecule has 1 saturated heterocycles. The van der Waals surface area contributed by atoms with E-state index in [1.807, 2.05) is 12.1 Å². The Morgan fingerprint density at radius 3 is 2.00 bits per heavy atom. The number of rotatable bonds is 6. The number of ether oxygens (including phenoxy) is 1.